The molecule has 2 unspecified atom stereocenters. The van der Waals surface area contributed by atoms with E-state index >= 15 is 0 Å². The van der Waals surface area contributed by atoms with Crippen molar-refractivity contribution in [2.45, 2.75) is 31.6 Å². The van der Waals surface area contributed by atoms with Crippen molar-refractivity contribution in [3.8, 4) is 0 Å². The smallest absolute Gasteiger partial charge is 0.193 e. The molecule has 6 nitrogen and oxygen atoms in total. The van der Waals surface area contributed by atoms with Crippen LogP contribution in [0, 0.1) is 30.5 Å². The third-order valence-corrected chi connectivity index (χ3v) is 8.83. The number of Topliss-reactive ketones (excluding diaryl/α,β-unsaturated/α-hetero) is 1. The van der Waals surface area contributed by atoms with E-state index in [4.69, 9.17) is 5.41 Å². The lowest BCUT2D eigenvalue weighted by Gasteiger charge is -2.45. The Bertz CT molecular complexity index is 1440. The highest BCUT2D eigenvalue weighted by Crippen LogP contribution is 2.47. The highest BCUT2D eigenvalue weighted by Gasteiger charge is 2.51. The Labute approximate surface area is 225 Å². The first-order valence-corrected chi connectivity index (χ1v) is 13.6. The minimum absolute atomic E-state index is 0.147. The lowest BCUT2D eigenvalue weighted by Crippen LogP contribution is -2.52. The second-order valence-electron chi connectivity index (χ2n) is 9.80. The van der Waals surface area contributed by atoms with Crippen LogP contribution in [-0.4, -0.2) is 38.9 Å². The molecular formula is C30H29FN4O2S. The lowest BCUT2D eigenvalue weighted by atomic mass is 9.65. The zero-order valence-corrected chi connectivity index (χ0v) is 22.1. The van der Waals surface area contributed by atoms with Crippen LogP contribution >= 0.6 is 0 Å². The van der Waals surface area contributed by atoms with Gasteiger partial charge < -0.3 is 15.3 Å². The summed E-state index contributed by atoms with van der Waals surface area (Å²) in [5, 5.41) is 11.5. The van der Waals surface area contributed by atoms with Gasteiger partial charge in [-0.2, -0.15) is 0 Å². The quantitative estimate of drug-likeness (QED) is 0.230. The Morgan fingerprint density at radius 1 is 1.16 bits per heavy atom. The molecule has 0 saturated carbocycles. The zero-order valence-electron chi connectivity index (χ0n) is 21.3. The van der Waals surface area contributed by atoms with Gasteiger partial charge in [-0.3, -0.25) is 9.78 Å². The standard InChI is InChI=1S/C30H29FN4O2S/c1-20-6-11-26(15-21(20)2)38(37)35-14-12-23-16-28(34-25-9-7-24(31)8-10-25)22(18-32)17-30(23,19-35)29(36)27-5-3-4-13-33-27/h3-11,13,15-16,18,32,34H,12,14,17,19H2,1-2H3. The highest BCUT2D eigenvalue weighted by atomic mass is 32.2. The van der Waals surface area contributed by atoms with Gasteiger partial charge in [-0.1, -0.05) is 17.7 Å². The van der Waals surface area contributed by atoms with Gasteiger partial charge in [-0.05, 0) is 98.0 Å². The predicted molar refractivity (Wildman–Crippen MR) is 148 cm³/mol. The summed E-state index contributed by atoms with van der Waals surface area (Å²) in [6.45, 7) is 4.78. The van der Waals surface area contributed by atoms with Crippen LogP contribution in [0.15, 0.2) is 94.7 Å². The summed E-state index contributed by atoms with van der Waals surface area (Å²) in [7, 11) is 0. The first-order chi connectivity index (χ1) is 18.3. The maximum absolute atomic E-state index is 14.1. The third kappa shape index (κ3) is 4.95. The van der Waals surface area contributed by atoms with Gasteiger partial charge >= 0.3 is 0 Å². The molecule has 2 atom stereocenters. The van der Waals surface area contributed by atoms with Crippen molar-refractivity contribution < 1.29 is 13.7 Å². The molecule has 2 aliphatic rings. The largest absolute Gasteiger partial charge is 0.593 e. The van der Waals surface area contributed by atoms with E-state index in [0.29, 0.717) is 40.5 Å². The Morgan fingerprint density at radius 3 is 2.63 bits per heavy atom. The molecule has 1 fully saturated rings. The average molecular weight is 529 g/mol. The number of nitrogens with one attached hydrogen (secondary N) is 2. The van der Waals surface area contributed by atoms with E-state index < -0.39 is 16.8 Å². The number of fused-ring (bicyclic) bond motifs is 1. The van der Waals surface area contributed by atoms with Crippen LogP contribution in [0.5, 0.6) is 0 Å². The molecule has 5 rings (SSSR count). The maximum Gasteiger partial charge on any atom is 0.193 e. The van der Waals surface area contributed by atoms with E-state index in [0.717, 1.165) is 16.7 Å². The number of benzene rings is 2. The molecule has 1 aliphatic carbocycles. The number of halogens is 1. The number of piperidine rings is 1. The molecule has 0 amide bonds. The molecular weight excluding hydrogens is 499 g/mol. The topological polar surface area (TPSA) is 92.1 Å². The lowest BCUT2D eigenvalue weighted by molar-refractivity contribution is 0.0769. The fraction of sp³-hybridized carbons (Fsp3) is 0.233. The molecule has 2 N–H and O–H groups in total. The van der Waals surface area contributed by atoms with Crippen molar-refractivity contribution in [2.75, 3.05) is 18.4 Å². The fourth-order valence-electron chi connectivity index (χ4n) is 5.12. The average Bonchev–Trinajstić information content (AvgIpc) is 2.94. The van der Waals surface area contributed by atoms with Gasteiger partial charge in [0.15, 0.2) is 10.7 Å². The molecule has 0 radical (unpaired) electrons. The molecule has 3 aromatic rings. The third-order valence-electron chi connectivity index (χ3n) is 7.39. The Balaban J connectivity index is 1.53. The maximum atomic E-state index is 14.1. The molecule has 0 spiro atoms. The van der Waals surface area contributed by atoms with Crippen LogP contribution in [-0.2, 0) is 11.4 Å². The van der Waals surface area contributed by atoms with Crippen molar-refractivity contribution >= 4 is 29.0 Å². The summed E-state index contributed by atoms with van der Waals surface area (Å²) in [5.74, 6) is -0.478. The van der Waals surface area contributed by atoms with Crippen LogP contribution in [0.3, 0.4) is 0 Å². The second-order valence-corrected chi connectivity index (χ2v) is 11.3. The number of aryl methyl sites for hydroxylation is 2. The Hall–Kier alpha value is -3.59. The molecule has 8 heteroatoms. The van der Waals surface area contributed by atoms with Crippen LogP contribution < -0.4 is 5.32 Å². The number of hydrogen-bond acceptors (Lipinski definition) is 6. The molecule has 2 heterocycles. The van der Waals surface area contributed by atoms with Gasteiger partial charge in [-0.25, -0.2) is 4.39 Å². The number of carbonyl (C=O) groups is 1. The van der Waals surface area contributed by atoms with Crippen molar-refractivity contribution in [3.05, 3.63) is 112 Å². The van der Waals surface area contributed by atoms with E-state index in [1.54, 1.807) is 36.5 Å². The minimum atomic E-state index is -1.45. The number of anilines is 1. The number of aromatic nitrogens is 1. The fourth-order valence-corrected chi connectivity index (χ4v) is 6.48. The normalized spacial score (nSPS) is 20.4. The number of rotatable bonds is 7. The van der Waals surface area contributed by atoms with Crippen LogP contribution in [0.4, 0.5) is 10.1 Å². The van der Waals surface area contributed by atoms with Gasteiger partial charge in [0, 0.05) is 30.3 Å². The van der Waals surface area contributed by atoms with E-state index in [1.807, 2.05) is 42.4 Å². The monoisotopic (exact) mass is 528 g/mol. The van der Waals surface area contributed by atoms with E-state index in [9.17, 15) is 13.7 Å². The van der Waals surface area contributed by atoms with Gasteiger partial charge in [-0.15, -0.1) is 4.31 Å². The number of carbonyl (C=O) groups excluding carboxylic acids is 1. The molecule has 1 aliphatic heterocycles. The van der Waals surface area contributed by atoms with Crippen molar-refractivity contribution in [2.24, 2.45) is 5.41 Å². The minimum Gasteiger partial charge on any atom is -0.593 e. The molecule has 1 aromatic heterocycles. The summed E-state index contributed by atoms with van der Waals surface area (Å²) < 4.78 is 29.0. The summed E-state index contributed by atoms with van der Waals surface area (Å²) >= 11 is -1.45. The number of pyridine rings is 1. The van der Waals surface area contributed by atoms with Gasteiger partial charge in [0.25, 0.3) is 0 Å². The number of nitrogens with zero attached hydrogens (tertiary/aromatic N) is 2. The second kappa shape index (κ2) is 10.6. The summed E-state index contributed by atoms with van der Waals surface area (Å²) in [6, 6.07) is 17.1. The molecule has 194 valence electrons. The molecule has 1 saturated heterocycles. The summed E-state index contributed by atoms with van der Waals surface area (Å²) in [4.78, 5) is 19.2. The van der Waals surface area contributed by atoms with Crippen LogP contribution in [0.2, 0.25) is 0 Å². The van der Waals surface area contributed by atoms with Crippen LogP contribution in [0.25, 0.3) is 0 Å². The number of ketones is 1. The van der Waals surface area contributed by atoms with Crippen molar-refractivity contribution in [1.29, 1.82) is 5.41 Å². The Kier molecular flexibility index (Phi) is 7.29. The van der Waals surface area contributed by atoms with Gasteiger partial charge in [0.2, 0.25) is 0 Å². The molecule has 38 heavy (non-hydrogen) atoms. The summed E-state index contributed by atoms with van der Waals surface area (Å²) in [5.41, 5.74) is 4.48. The van der Waals surface area contributed by atoms with E-state index in [2.05, 4.69) is 10.3 Å². The zero-order chi connectivity index (χ0) is 26.9. The molecule has 0 bridgehead atoms. The van der Waals surface area contributed by atoms with E-state index in [-0.39, 0.29) is 24.6 Å². The number of hydrogen-bond donors (Lipinski definition) is 2. The van der Waals surface area contributed by atoms with Crippen molar-refractivity contribution in [3.63, 3.8) is 0 Å². The number of allylic oxidation sites excluding steroid dienone is 2. The summed E-state index contributed by atoms with van der Waals surface area (Å²) in [6.07, 6.45) is 5.59. The van der Waals surface area contributed by atoms with Gasteiger partial charge in [0.05, 0.1) is 23.3 Å². The molecule has 2 aromatic carbocycles. The first kappa shape index (κ1) is 26.0. The predicted octanol–water partition coefficient (Wildman–Crippen LogP) is 5.78. The van der Waals surface area contributed by atoms with Crippen molar-refractivity contribution in [1.82, 2.24) is 9.29 Å². The van der Waals surface area contributed by atoms with Gasteiger partial charge in [0.1, 0.15) is 11.5 Å². The SMILES string of the molecule is Cc1ccc([S+]([O-])N2CCC3=CC(Nc4ccc(F)cc4)=C(C=N)CC3(C(=O)c3ccccn3)C2)cc1C. The highest BCUT2D eigenvalue weighted by molar-refractivity contribution is 7.89. The Morgan fingerprint density at radius 2 is 1.95 bits per heavy atom. The van der Waals surface area contributed by atoms with E-state index in [1.165, 1.54) is 18.3 Å². The first-order valence-electron chi connectivity index (χ1n) is 12.5. The van der Waals surface area contributed by atoms with Crippen LogP contribution in [0.1, 0.15) is 34.5 Å².